The number of ether oxygens (including phenoxy) is 1. The molecule has 1 aromatic carbocycles. The molecule has 0 amide bonds. The van der Waals surface area contributed by atoms with Gasteiger partial charge in [0, 0.05) is 23.7 Å². The molecule has 0 radical (unpaired) electrons. The van der Waals surface area contributed by atoms with Crippen LogP contribution in [-0.2, 0) is 17.8 Å². The highest BCUT2D eigenvalue weighted by atomic mass is 19.2. The molecule has 0 aliphatic carbocycles. The summed E-state index contributed by atoms with van der Waals surface area (Å²) in [6.07, 6.45) is 0.503. The van der Waals surface area contributed by atoms with Crippen molar-refractivity contribution in [2.24, 2.45) is 0 Å². The fourth-order valence-corrected chi connectivity index (χ4v) is 2.10. The first-order valence-electron chi connectivity index (χ1n) is 5.56. The van der Waals surface area contributed by atoms with Crippen molar-refractivity contribution in [3.8, 4) is 11.3 Å². The lowest BCUT2D eigenvalue weighted by molar-refractivity contribution is 0.110. The Labute approximate surface area is 105 Å². The molecule has 1 aliphatic heterocycles. The minimum Gasteiger partial charge on any atom is -0.376 e. The summed E-state index contributed by atoms with van der Waals surface area (Å²) in [6.45, 7) is 0.551. The molecule has 3 nitrogen and oxygen atoms in total. The van der Waals surface area contributed by atoms with Crippen LogP contribution in [0.15, 0.2) is 6.07 Å². The van der Waals surface area contributed by atoms with E-state index in [4.69, 9.17) is 4.74 Å². The van der Waals surface area contributed by atoms with Gasteiger partial charge in [-0.15, -0.1) is 0 Å². The van der Waals surface area contributed by atoms with Crippen molar-refractivity contribution in [3.05, 3.63) is 40.6 Å². The van der Waals surface area contributed by atoms with E-state index in [1.807, 2.05) is 0 Å². The number of hydrogen-bond donors (Lipinski definition) is 1. The lowest BCUT2D eigenvalue weighted by Gasteiger charge is -2.13. The Bertz CT molecular complexity index is 627. The number of rotatable bonds is 1. The SMILES string of the molecule is Fc1cc(F)c(F)c(-c2n[nH]c3c2COCC3)c1F. The van der Waals surface area contributed by atoms with Gasteiger partial charge in [-0.2, -0.15) is 5.10 Å². The molecule has 1 N–H and O–H groups in total. The smallest absolute Gasteiger partial charge is 0.171 e. The topological polar surface area (TPSA) is 37.9 Å². The second-order valence-electron chi connectivity index (χ2n) is 4.18. The van der Waals surface area contributed by atoms with E-state index in [1.165, 1.54) is 0 Å². The van der Waals surface area contributed by atoms with E-state index in [0.717, 1.165) is 0 Å². The number of nitrogens with one attached hydrogen (secondary N) is 1. The van der Waals surface area contributed by atoms with E-state index in [-0.39, 0.29) is 18.4 Å². The average Bonchev–Trinajstić information content (AvgIpc) is 2.81. The highest BCUT2D eigenvalue weighted by Gasteiger charge is 2.27. The van der Waals surface area contributed by atoms with Crippen molar-refractivity contribution in [1.29, 1.82) is 0 Å². The number of aromatic amines is 1. The fraction of sp³-hybridized carbons (Fsp3) is 0.250. The predicted molar refractivity (Wildman–Crippen MR) is 57.2 cm³/mol. The number of aromatic nitrogens is 2. The van der Waals surface area contributed by atoms with Crippen LogP contribution in [0.25, 0.3) is 11.3 Å². The third kappa shape index (κ3) is 1.81. The van der Waals surface area contributed by atoms with Gasteiger partial charge in [-0.3, -0.25) is 5.10 Å². The van der Waals surface area contributed by atoms with E-state index in [0.29, 0.717) is 24.3 Å². The molecule has 0 fully saturated rings. The van der Waals surface area contributed by atoms with E-state index in [9.17, 15) is 17.6 Å². The molecule has 2 heterocycles. The summed E-state index contributed by atoms with van der Waals surface area (Å²) in [5.74, 6) is -5.83. The van der Waals surface area contributed by atoms with Gasteiger partial charge in [0.05, 0.1) is 18.8 Å². The first-order valence-corrected chi connectivity index (χ1v) is 5.56. The standard InChI is InChI=1S/C12H8F4N2O/c13-6-3-7(14)11(16)9(10(6)15)12-5-4-19-2-1-8(5)17-18-12/h3H,1-2,4H2,(H,17,18). The lowest BCUT2D eigenvalue weighted by atomic mass is 10.0. The first kappa shape index (κ1) is 12.2. The molecule has 3 rings (SSSR count). The predicted octanol–water partition coefficient (Wildman–Crippen LogP) is 2.71. The summed E-state index contributed by atoms with van der Waals surface area (Å²) in [5.41, 5.74) is 0.127. The van der Waals surface area contributed by atoms with Crippen molar-refractivity contribution < 1.29 is 22.3 Å². The number of halogens is 4. The van der Waals surface area contributed by atoms with Crippen molar-refractivity contribution in [2.75, 3.05) is 6.61 Å². The van der Waals surface area contributed by atoms with Gasteiger partial charge >= 0.3 is 0 Å². The molecule has 0 spiro atoms. The molecule has 100 valence electrons. The van der Waals surface area contributed by atoms with Crippen molar-refractivity contribution >= 4 is 0 Å². The number of nitrogens with zero attached hydrogens (tertiary/aromatic N) is 1. The zero-order chi connectivity index (χ0) is 13.6. The summed E-state index contributed by atoms with van der Waals surface area (Å²) in [5, 5.41) is 6.36. The summed E-state index contributed by atoms with van der Waals surface area (Å²) < 4.78 is 58.9. The Morgan fingerprint density at radius 3 is 2.47 bits per heavy atom. The largest absolute Gasteiger partial charge is 0.376 e. The Balaban J connectivity index is 2.25. The van der Waals surface area contributed by atoms with Gasteiger partial charge in [0.25, 0.3) is 0 Å². The molecular weight excluding hydrogens is 264 g/mol. The van der Waals surface area contributed by atoms with Crippen LogP contribution >= 0.6 is 0 Å². The molecule has 2 aromatic rings. The zero-order valence-electron chi connectivity index (χ0n) is 9.57. The molecule has 0 bridgehead atoms. The minimum atomic E-state index is -1.46. The maximum Gasteiger partial charge on any atom is 0.171 e. The van der Waals surface area contributed by atoms with Crippen molar-refractivity contribution in [3.63, 3.8) is 0 Å². The summed E-state index contributed by atoms with van der Waals surface area (Å²) in [4.78, 5) is 0. The molecule has 7 heteroatoms. The Hall–Kier alpha value is -1.89. The quantitative estimate of drug-likeness (QED) is 0.640. The van der Waals surface area contributed by atoms with Crippen LogP contribution in [-0.4, -0.2) is 16.8 Å². The number of hydrogen-bond acceptors (Lipinski definition) is 2. The van der Waals surface area contributed by atoms with E-state index < -0.39 is 28.8 Å². The molecule has 0 saturated heterocycles. The van der Waals surface area contributed by atoms with Crippen LogP contribution in [0.4, 0.5) is 17.6 Å². The molecule has 0 saturated carbocycles. The zero-order valence-corrected chi connectivity index (χ0v) is 9.57. The molecule has 1 aliphatic rings. The first-order chi connectivity index (χ1) is 9.09. The monoisotopic (exact) mass is 272 g/mol. The van der Waals surface area contributed by atoms with Gasteiger partial charge in [0.15, 0.2) is 23.3 Å². The second kappa shape index (κ2) is 4.34. The van der Waals surface area contributed by atoms with E-state index in [2.05, 4.69) is 10.2 Å². The van der Waals surface area contributed by atoms with E-state index in [1.54, 1.807) is 0 Å². The Kier molecular flexibility index (Phi) is 2.78. The van der Waals surface area contributed by atoms with Crippen LogP contribution in [0.2, 0.25) is 0 Å². The third-order valence-electron chi connectivity index (χ3n) is 3.04. The fourth-order valence-electron chi connectivity index (χ4n) is 2.10. The van der Waals surface area contributed by atoms with Gasteiger partial charge in [0.1, 0.15) is 5.69 Å². The Morgan fingerprint density at radius 2 is 1.79 bits per heavy atom. The van der Waals surface area contributed by atoms with Crippen molar-refractivity contribution in [1.82, 2.24) is 10.2 Å². The summed E-state index contributed by atoms with van der Waals surface area (Å²) >= 11 is 0. The van der Waals surface area contributed by atoms with Gasteiger partial charge < -0.3 is 4.74 Å². The molecule has 0 unspecified atom stereocenters. The minimum absolute atomic E-state index is 0.0954. The number of benzene rings is 1. The maximum atomic E-state index is 13.7. The van der Waals surface area contributed by atoms with Crippen LogP contribution < -0.4 is 0 Å². The Morgan fingerprint density at radius 1 is 1.11 bits per heavy atom. The van der Waals surface area contributed by atoms with Crippen LogP contribution in [0.3, 0.4) is 0 Å². The highest BCUT2D eigenvalue weighted by Crippen LogP contribution is 2.33. The van der Waals surface area contributed by atoms with E-state index >= 15 is 0 Å². The van der Waals surface area contributed by atoms with Crippen LogP contribution in [0, 0.1) is 23.3 Å². The van der Waals surface area contributed by atoms with Gasteiger partial charge in [0.2, 0.25) is 0 Å². The lowest BCUT2D eigenvalue weighted by Crippen LogP contribution is -2.09. The van der Waals surface area contributed by atoms with Crippen LogP contribution in [0.5, 0.6) is 0 Å². The third-order valence-corrected chi connectivity index (χ3v) is 3.04. The normalized spacial score (nSPS) is 14.5. The highest BCUT2D eigenvalue weighted by molar-refractivity contribution is 5.65. The molecule has 0 atom stereocenters. The van der Waals surface area contributed by atoms with Gasteiger partial charge in [-0.25, -0.2) is 17.6 Å². The number of H-pyrrole nitrogens is 1. The van der Waals surface area contributed by atoms with Gasteiger partial charge in [-0.1, -0.05) is 0 Å². The molecule has 19 heavy (non-hydrogen) atoms. The second-order valence-corrected chi connectivity index (χ2v) is 4.18. The van der Waals surface area contributed by atoms with Gasteiger partial charge in [-0.05, 0) is 0 Å². The molecule has 1 aromatic heterocycles. The average molecular weight is 272 g/mol. The van der Waals surface area contributed by atoms with Crippen LogP contribution in [0.1, 0.15) is 11.3 Å². The number of fused-ring (bicyclic) bond motifs is 1. The summed E-state index contributed by atoms with van der Waals surface area (Å²) in [6, 6.07) is 0.170. The van der Waals surface area contributed by atoms with Crippen molar-refractivity contribution in [2.45, 2.75) is 13.0 Å². The summed E-state index contributed by atoms with van der Waals surface area (Å²) in [7, 11) is 0. The molecular formula is C12H8F4N2O. The maximum absolute atomic E-state index is 13.7.